The van der Waals surface area contributed by atoms with Crippen LogP contribution < -0.4 is 0 Å². The third-order valence-corrected chi connectivity index (χ3v) is 12.8. The van der Waals surface area contributed by atoms with Gasteiger partial charge in [0.25, 0.3) is 0 Å². The van der Waals surface area contributed by atoms with Gasteiger partial charge in [0.1, 0.15) is 16.8 Å². The lowest BCUT2D eigenvalue weighted by molar-refractivity contribution is 0.667. The predicted octanol–water partition coefficient (Wildman–Crippen LogP) is 13.6. The van der Waals surface area contributed by atoms with Gasteiger partial charge in [-0.3, -0.25) is 0 Å². The van der Waals surface area contributed by atoms with E-state index in [0.29, 0.717) is 28.9 Å². The van der Waals surface area contributed by atoms with Gasteiger partial charge in [-0.2, -0.15) is 0 Å². The smallest absolute Gasteiger partial charge is 0.180 e. The molecule has 0 unspecified atom stereocenters. The summed E-state index contributed by atoms with van der Waals surface area (Å²) in [5.74, 6) is 2.58. The van der Waals surface area contributed by atoms with Crippen LogP contribution in [0.3, 0.4) is 0 Å². The van der Waals surface area contributed by atoms with Crippen LogP contribution in [0, 0.1) is 0 Å². The number of fused-ring (bicyclic) bond motifs is 9. The highest BCUT2D eigenvalue weighted by Crippen LogP contribution is 2.43. The second-order valence-corrected chi connectivity index (χ2v) is 16.2. The molecule has 12 aromatic rings. The van der Waals surface area contributed by atoms with Crippen LogP contribution in [0.4, 0.5) is 0 Å². The summed E-state index contributed by atoms with van der Waals surface area (Å²) < 4.78 is 11.3. The first kappa shape index (κ1) is 32.1. The van der Waals surface area contributed by atoms with Gasteiger partial charge in [-0.05, 0) is 36.4 Å². The van der Waals surface area contributed by atoms with Crippen LogP contribution in [0.2, 0.25) is 0 Å². The first-order chi connectivity index (χ1) is 28.2. The Kier molecular flexibility index (Phi) is 7.17. The largest absolute Gasteiger partial charge is 0.452 e. The van der Waals surface area contributed by atoms with Crippen LogP contribution >= 0.6 is 22.7 Å². The van der Waals surface area contributed by atoms with Crippen LogP contribution in [-0.2, 0) is 0 Å². The van der Waals surface area contributed by atoms with E-state index in [9.17, 15) is 0 Å². The minimum atomic E-state index is 0.636. The Morgan fingerprint density at radius 1 is 0.368 bits per heavy atom. The summed E-state index contributed by atoms with van der Waals surface area (Å²) in [4.78, 5) is 25.5. The Labute approximate surface area is 333 Å². The summed E-state index contributed by atoms with van der Waals surface area (Å²) >= 11 is 3.55. The van der Waals surface area contributed by atoms with Gasteiger partial charge < -0.3 is 4.42 Å². The molecule has 0 N–H and O–H groups in total. The van der Waals surface area contributed by atoms with Gasteiger partial charge >= 0.3 is 0 Å². The molecule has 0 saturated carbocycles. The highest BCUT2D eigenvalue weighted by atomic mass is 32.1. The maximum atomic E-state index is 6.54. The van der Waals surface area contributed by atoms with E-state index in [1.54, 1.807) is 22.7 Å². The lowest BCUT2D eigenvalue weighted by Gasteiger charge is -2.09. The minimum Gasteiger partial charge on any atom is -0.452 e. The number of para-hydroxylation sites is 1. The normalized spacial score (nSPS) is 11.9. The number of rotatable bonds is 5. The SMILES string of the molecule is c1ccc(-c2nc(-c3ccccc3)nc(-c3cccc4sc5cc(-c6nc(-c7ccc8c(c7)sc7ccccc78)nc7c6oc6ccccc67)ccc5c34)n2)cc1. The molecule has 6 nitrogen and oxygen atoms in total. The summed E-state index contributed by atoms with van der Waals surface area (Å²) in [6.45, 7) is 0. The van der Waals surface area contributed by atoms with Crippen molar-refractivity contribution in [1.29, 1.82) is 0 Å². The molecular weight excluding hydrogens is 739 g/mol. The van der Waals surface area contributed by atoms with E-state index in [-0.39, 0.29) is 0 Å². The lowest BCUT2D eigenvalue weighted by atomic mass is 10.0. The van der Waals surface area contributed by atoms with Crippen molar-refractivity contribution in [3.8, 4) is 56.8 Å². The number of thiophene rings is 2. The summed E-state index contributed by atoms with van der Waals surface area (Å²) in [6, 6.07) is 56.3. The quantitative estimate of drug-likeness (QED) is 0.174. The molecule has 5 heterocycles. The molecule has 0 amide bonds. The fourth-order valence-corrected chi connectivity index (χ4v) is 10.2. The van der Waals surface area contributed by atoms with E-state index in [1.807, 2.05) is 78.9 Å². The molecule has 0 aliphatic rings. The number of furan rings is 1. The zero-order chi connectivity index (χ0) is 37.5. The molecule has 0 radical (unpaired) electrons. The van der Waals surface area contributed by atoms with Crippen molar-refractivity contribution in [1.82, 2.24) is 24.9 Å². The molecule has 266 valence electrons. The first-order valence-electron chi connectivity index (χ1n) is 18.7. The highest BCUT2D eigenvalue weighted by Gasteiger charge is 2.21. The van der Waals surface area contributed by atoms with E-state index in [4.69, 9.17) is 29.3 Å². The number of hydrogen-bond donors (Lipinski definition) is 0. The van der Waals surface area contributed by atoms with Crippen molar-refractivity contribution in [3.05, 3.63) is 164 Å². The van der Waals surface area contributed by atoms with E-state index < -0.39 is 0 Å². The summed E-state index contributed by atoms with van der Waals surface area (Å²) in [5, 5.41) is 5.72. The van der Waals surface area contributed by atoms with Gasteiger partial charge in [0, 0.05) is 73.5 Å². The third kappa shape index (κ3) is 5.26. The Hall–Kier alpha value is -7.13. The second-order valence-electron chi connectivity index (χ2n) is 14.0. The van der Waals surface area contributed by atoms with E-state index in [2.05, 4.69) is 84.9 Å². The topological polar surface area (TPSA) is 77.6 Å². The van der Waals surface area contributed by atoms with Crippen molar-refractivity contribution >= 4 is 85.1 Å². The van der Waals surface area contributed by atoms with Crippen LogP contribution in [0.1, 0.15) is 0 Å². The van der Waals surface area contributed by atoms with Crippen molar-refractivity contribution in [2.75, 3.05) is 0 Å². The van der Waals surface area contributed by atoms with Crippen molar-refractivity contribution < 1.29 is 4.42 Å². The zero-order valence-electron chi connectivity index (χ0n) is 30.0. The standard InChI is InChI=1S/C49H27N5OS2/c1-3-12-28(13-4-1)46-52-47(29-14-5-2-6-15-29)54-49(53-46)36-18-11-21-39-42(36)35-25-22-30(26-41(35)57-39)43-45-44(34-17-7-9-19-37(34)55-45)51-48(50-43)31-23-24-33-32-16-8-10-20-38(32)56-40(33)27-31/h1-27H. The summed E-state index contributed by atoms with van der Waals surface area (Å²) in [7, 11) is 0. The number of benzene rings is 7. The molecule has 57 heavy (non-hydrogen) atoms. The van der Waals surface area contributed by atoms with Crippen LogP contribution in [0.25, 0.3) is 119 Å². The molecule has 0 bridgehead atoms. The zero-order valence-corrected chi connectivity index (χ0v) is 31.7. The molecule has 0 saturated heterocycles. The highest BCUT2D eigenvalue weighted by molar-refractivity contribution is 7.26. The van der Waals surface area contributed by atoms with Crippen molar-refractivity contribution in [3.63, 3.8) is 0 Å². The van der Waals surface area contributed by atoms with Gasteiger partial charge in [-0.25, -0.2) is 24.9 Å². The monoisotopic (exact) mass is 765 g/mol. The van der Waals surface area contributed by atoms with Gasteiger partial charge in [-0.15, -0.1) is 22.7 Å². The van der Waals surface area contributed by atoms with Gasteiger partial charge in [0.2, 0.25) is 0 Å². The first-order valence-corrected chi connectivity index (χ1v) is 20.3. The molecule has 7 aromatic carbocycles. The predicted molar refractivity (Wildman–Crippen MR) is 236 cm³/mol. The van der Waals surface area contributed by atoms with Gasteiger partial charge in [0.05, 0.1) is 0 Å². The molecule has 0 aliphatic heterocycles. The Balaban J connectivity index is 1.04. The molecule has 12 rings (SSSR count). The Bertz CT molecular complexity index is 3480. The van der Waals surface area contributed by atoms with Gasteiger partial charge in [0.15, 0.2) is 28.9 Å². The van der Waals surface area contributed by atoms with Crippen LogP contribution in [0.5, 0.6) is 0 Å². The number of nitrogens with zero attached hydrogens (tertiary/aromatic N) is 5. The van der Waals surface area contributed by atoms with Crippen molar-refractivity contribution in [2.24, 2.45) is 0 Å². The van der Waals surface area contributed by atoms with Gasteiger partial charge in [-0.1, -0.05) is 127 Å². The Morgan fingerprint density at radius 3 is 1.75 bits per heavy atom. The number of aromatic nitrogens is 5. The fourth-order valence-electron chi connectivity index (χ4n) is 7.87. The fraction of sp³-hybridized carbons (Fsp3) is 0. The maximum Gasteiger partial charge on any atom is 0.180 e. The summed E-state index contributed by atoms with van der Waals surface area (Å²) in [6.07, 6.45) is 0. The maximum absolute atomic E-state index is 6.54. The molecule has 0 spiro atoms. The Morgan fingerprint density at radius 2 is 0.947 bits per heavy atom. The number of hydrogen-bond acceptors (Lipinski definition) is 8. The average molecular weight is 766 g/mol. The van der Waals surface area contributed by atoms with Crippen LogP contribution in [0.15, 0.2) is 168 Å². The molecule has 0 fully saturated rings. The minimum absolute atomic E-state index is 0.636. The lowest BCUT2D eigenvalue weighted by Crippen LogP contribution is -2.00. The van der Waals surface area contributed by atoms with Crippen molar-refractivity contribution in [2.45, 2.75) is 0 Å². The summed E-state index contributed by atoms with van der Waals surface area (Å²) in [5.41, 5.74) is 7.81. The molecule has 8 heteroatoms. The van der Waals surface area contributed by atoms with E-state index in [1.165, 1.54) is 20.2 Å². The molecular formula is C49H27N5OS2. The molecule has 5 aromatic heterocycles. The van der Waals surface area contributed by atoms with E-state index in [0.717, 1.165) is 70.2 Å². The molecule has 0 aliphatic carbocycles. The van der Waals surface area contributed by atoms with Crippen LogP contribution in [-0.4, -0.2) is 24.9 Å². The average Bonchev–Trinajstić information content (AvgIpc) is 3.97. The van der Waals surface area contributed by atoms with E-state index >= 15 is 0 Å². The molecule has 0 atom stereocenters. The second kappa shape index (κ2) is 12.7. The third-order valence-electron chi connectivity index (χ3n) is 10.6.